The lowest BCUT2D eigenvalue weighted by Crippen LogP contribution is -2.35. The summed E-state index contributed by atoms with van der Waals surface area (Å²) < 4.78 is 0. The van der Waals surface area contributed by atoms with Gasteiger partial charge in [-0.1, -0.05) is 0 Å². The molecule has 13 heavy (non-hydrogen) atoms. The second-order valence-electron chi connectivity index (χ2n) is 3.40. The van der Waals surface area contributed by atoms with Crippen molar-refractivity contribution in [1.82, 2.24) is 0 Å². The van der Waals surface area contributed by atoms with Crippen LogP contribution in [0.1, 0.15) is 20.8 Å². The first-order valence-corrected chi connectivity index (χ1v) is 4.11. The van der Waals surface area contributed by atoms with E-state index in [-0.39, 0.29) is 11.9 Å². The Bertz CT molecular complexity index is 237. The fourth-order valence-corrected chi connectivity index (χ4v) is 0.365. The maximum atomic E-state index is 7.21. The fraction of sp³-hybridized carbons (Fsp3) is 0.750. The molecule has 0 aromatic rings. The van der Waals surface area contributed by atoms with E-state index in [1.54, 1.807) is 13.8 Å². The van der Waals surface area contributed by atoms with Gasteiger partial charge in [0.15, 0.2) is 0 Å². The van der Waals surface area contributed by atoms with Gasteiger partial charge >= 0.3 is 0 Å². The van der Waals surface area contributed by atoms with Crippen molar-refractivity contribution < 1.29 is 0 Å². The molecule has 5 heteroatoms. The highest BCUT2D eigenvalue weighted by Gasteiger charge is 2.18. The summed E-state index contributed by atoms with van der Waals surface area (Å²) in [4.78, 5) is 7.84. The number of nitrogens with one attached hydrogen (secondary N) is 1. The zero-order valence-electron chi connectivity index (χ0n) is 8.33. The average molecular weight is 183 g/mol. The molecule has 1 unspecified atom stereocenters. The molecule has 0 amide bonds. The number of nitrogens with zero attached hydrogens (tertiary/aromatic N) is 2. The van der Waals surface area contributed by atoms with Crippen LogP contribution in [-0.4, -0.2) is 30.0 Å². The molecule has 0 aromatic heterocycles. The molecule has 0 spiro atoms. The molecule has 1 atom stereocenters. The Morgan fingerprint density at radius 2 is 2.15 bits per heavy atom. The van der Waals surface area contributed by atoms with Crippen LogP contribution in [0.25, 0.3) is 0 Å². The standard InChI is InChI=1S/C8H17N5/c1-6(4-9)12-5-13-8(2,3)7(10)11/h6H,4,9H2,1-3H3,(H3,10,11). The van der Waals surface area contributed by atoms with Gasteiger partial charge in [-0.25, -0.2) is 9.98 Å². The second-order valence-corrected chi connectivity index (χ2v) is 3.40. The van der Waals surface area contributed by atoms with Crippen molar-refractivity contribution in [2.45, 2.75) is 32.4 Å². The van der Waals surface area contributed by atoms with Gasteiger partial charge in [-0.2, -0.15) is 0 Å². The quantitative estimate of drug-likeness (QED) is 0.429. The lowest BCUT2D eigenvalue weighted by Gasteiger charge is -2.14. The van der Waals surface area contributed by atoms with Crippen LogP contribution in [0.15, 0.2) is 9.98 Å². The molecular formula is C8H17N5. The number of rotatable bonds is 4. The molecular weight excluding hydrogens is 166 g/mol. The first kappa shape index (κ1) is 11.8. The van der Waals surface area contributed by atoms with Crippen molar-refractivity contribution in [3.8, 4) is 0 Å². The highest BCUT2D eigenvalue weighted by molar-refractivity contribution is 5.87. The van der Waals surface area contributed by atoms with E-state index in [0.717, 1.165) is 0 Å². The molecule has 0 radical (unpaired) electrons. The molecule has 5 nitrogen and oxygen atoms in total. The van der Waals surface area contributed by atoms with Crippen molar-refractivity contribution in [3.63, 3.8) is 0 Å². The molecule has 74 valence electrons. The van der Waals surface area contributed by atoms with Crippen LogP contribution in [0.4, 0.5) is 0 Å². The maximum absolute atomic E-state index is 7.21. The third kappa shape index (κ3) is 4.40. The van der Waals surface area contributed by atoms with Gasteiger partial charge in [0, 0.05) is 6.54 Å². The van der Waals surface area contributed by atoms with E-state index < -0.39 is 5.54 Å². The van der Waals surface area contributed by atoms with E-state index in [4.69, 9.17) is 16.9 Å². The molecule has 0 aliphatic carbocycles. The number of amidine groups is 1. The van der Waals surface area contributed by atoms with Crippen LogP contribution in [0.5, 0.6) is 0 Å². The lowest BCUT2D eigenvalue weighted by molar-refractivity contribution is 0.689. The Kier molecular flexibility index (Phi) is 4.31. The van der Waals surface area contributed by atoms with Gasteiger partial charge in [-0.15, -0.1) is 0 Å². The van der Waals surface area contributed by atoms with Gasteiger partial charge in [-0.05, 0) is 20.8 Å². The number of hydrogen-bond donors (Lipinski definition) is 3. The largest absolute Gasteiger partial charge is 0.386 e. The van der Waals surface area contributed by atoms with Crippen molar-refractivity contribution >= 4 is 11.8 Å². The third-order valence-corrected chi connectivity index (χ3v) is 1.61. The summed E-state index contributed by atoms with van der Waals surface area (Å²) in [5, 5.41) is 7.21. The molecule has 0 rings (SSSR count). The topological polar surface area (TPSA) is 101 Å². The Labute approximate surface area is 78.4 Å². The Hall–Kier alpha value is -1.19. The summed E-state index contributed by atoms with van der Waals surface area (Å²) in [7, 11) is 0. The number of aliphatic imine (C=N–C) groups is 2. The van der Waals surface area contributed by atoms with Gasteiger partial charge in [0.25, 0.3) is 0 Å². The van der Waals surface area contributed by atoms with E-state index in [0.29, 0.717) is 6.54 Å². The molecule has 0 aromatic carbocycles. The van der Waals surface area contributed by atoms with Gasteiger partial charge in [-0.3, -0.25) is 5.41 Å². The first-order chi connectivity index (χ1) is 5.90. The van der Waals surface area contributed by atoms with Crippen molar-refractivity contribution in [1.29, 1.82) is 5.41 Å². The van der Waals surface area contributed by atoms with Gasteiger partial charge in [0.05, 0.1) is 12.1 Å². The SMILES string of the molecule is CC(CN)N=C=NC(C)(C)C(=N)N. The summed E-state index contributed by atoms with van der Waals surface area (Å²) in [6.45, 7) is 5.78. The van der Waals surface area contributed by atoms with Crippen molar-refractivity contribution in [3.05, 3.63) is 0 Å². The Morgan fingerprint density at radius 3 is 2.54 bits per heavy atom. The predicted octanol–water partition coefficient (Wildman–Crippen LogP) is 0.222. The van der Waals surface area contributed by atoms with Crippen molar-refractivity contribution in [2.24, 2.45) is 21.5 Å². The van der Waals surface area contributed by atoms with Gasteiger partial charge in [0.2, 0.25) is 0 Å². The number of nitrogens with two attached hydrogens (primary N) is 2. The highest BCUT2D eigenvalue weighted by atomic mass is 15.0. The van der Waals surface area contributed by atoms with E-state index in [1.807, 2.05) is 6.92 Å². The van der Waals surface area contributed by atoms with Gasteiger partial charge < -0.3 is 11.5 Å². The van der Waals surface area contributed by atoms with Crippen LogP contribution in [0.3, 0.4) is 0 Å². The zero-order valence-corrected chi connectivity index (χ0v) is 8.33. The third-order valence-electron chi connectivity index (χ3n) is 1.61. The predicted molar refractivity (Wildman–Crippen MR) is 54.4 cm³/mol. The van der Waals surface area contributed by atoms with Crippen LogP contribution in [0, 0.1) is 5.41 Å². The summed E-state index contributed by atoms with van der Waals surface area (Å²) >= 11 is 0. The molecule has 0 saturated heterocycles. The van der Waals surface area contributed by atoms with Crippen molar-refractivity contribution in [2.75, 3.05) is 6.54 Å². The summed E-state index contributed by atoms with van der Waals surface area (Å²) in [6.07, 6.45) is 0. The Morgan fingerprint density at radius 1 is 1.62 bits per heavy atom. The monoisotopic (exact) mass is 183 g/mol. The molecule has 0 aliphatic heterocycles. The molecule has 0 aliphatic rings. The smallest absolute Gasteiger partial charge is 0.122 e. The first-order valence-electron chi connectivity index (χ1n) is 4.11. The van der Waals surface area contributed by atoms with E-state index in [2.05, 4.69) is 16.0 Å². The minimum Gasteiger partial charge on any atom is -0.386 e. The summed E-state index contributed by atoms with van der Waals surface area (Å²) in [6, 6.07) is 2.51. The summed E-state index contributed by atoms with van der Waals surface area (Å²) in [5.41, 5.74) is 9.92. The normalized spacial score (nSPS) is 12.9. The van der Waals surface area contributed by atoms with Crippen LogP contribution >= 0.6 is 0 Å². The fourth-order valence-electron chi connectivity index (χ4n) is 0.365. The zero-order chi connectivity index (χ0) is 10.5. The number of hydrogen-bond acceptors (Lipinski definition) is 4. The molecule has 5 N–H and O–H groups in total. The van der Waals surface area contributed by atoms with E-state index in [9.17, 15) is 0 Å². The molecule has 0 heterocycles. The van der Waals surface area contributed by atoms with E-state index in [1.165, 1.54) is 0 Å². The Balaban J connectivity index is 4.42. The van der Waals surface area contributed by atoms with Crippen LogP contribution in [-0.2, 0) is 0 Å². The highest BCUT2D eigenvalue weighted by Crippen LogP contribution is 2.05. The molecule has 0 bridgehead atoms. The van der Waals surface area contributed by atoms with Crippen LogP contribution < -0.4 is 11.5 Å². The minimum absolute atomic E-state index is 0.00407. The van der Waals surface area contributed by atoms with Crippen LogP contribution in [0.2, 0.25) is 0 Å². The lowest BCUT2D eigenvalue weighted by atomic mass is 10.1. The summed E-state index contributed by atoms with van der Waals surface area (Å²) in [5.74, 6) is -0.00407. The van der Waals surface area contributed by atoms with E-state index >= 15 is 0 Å². The minimum atomic E-state index is -0.724. The molecule has 0 fully saturated rings. The second kappa shape index (κ2) is 4.74. The van der Waals surface area contributed by atoms with Gasteiger partial charge in [0.1, 0.15) is 11.4 Å². The molecule has 0 saturated carbocycles. The maximum Gasteiger partial charge on any atom is 0.122 e. The average Bonchev–Trinajstić information content (AvgIpc) is 2.03.